The molecular weight excluding hydrogens is 210 g/mol. The summed E-state index contributed by atoms with van der Waals surface area (Å²) in [5, 5.41) is 12.8. The van der Waals surface area contributed by atoms with Crippen molar-refractivity contribution in [3.8, 4) is 5.75 Å². The SMILES string of the molecule is CCc1cccc(C)c1Nc1cccc(O)c1. The molecular formula is C15H17NO. The quantitative estimate of drug-likeness (QED) is 0.830. The lowest BCUT2D eigenvalue weighted by Crippen LogP contribution is -1.97. The van der Waals surface area contributed by atoms with Gasteiger partial charge in [-0.25, -0.2) is 0 Å². The van der Waals surface area contributed by atoms with E-state index in [1.54, 1.807) is 12.1 Å². The lowest BCUT2D eigenvalue weighted by atomic mass is 10.1. The highest BCUT2D eigenvalue weighted by Gasteiger charge is 2.04. The van der Waals surface area contributed by atoms with Crippen LogP contribution in [0.4, 0.5) is 11.4 Å². The van der Waals surface area contributed by atoms with Gasteiger partial charge in [-0.15, -0.1) is 0 Å². The Hall–Kier alpha value is -1.96. The van der Waals surface area contributed by atoms with Gasteiger partial charge in [0.15, 0.2) is 0 Å². The maximum atomic E-state index is 9.45. The number of hydrogen-bond donors (Lipinski definition) is 2. The van der Waals surface area contributed by atoms with Gasteiger partial charge < -0.3 is 10.4 Å². The average molecular weight is 227 g/mol. The Kier molecular flexibility index (Phi) is 3.33. The fourth-order valence-electron chi connectivity index (χ4n) is 1.93. The molecule has 0 amide bonds. The molecule has 2 heteroatoms. The minimum atomic E-state index is 0.279. The highest BCUT2D eigenvalue weighted by molar-refractivity contribution is 5.67. The van der Waals surface area contributed by atoms with Gasteiger partial charge in [-0.3, -0.25) is 0 Å². The third-order valence-corrected chi connectivity index (χ3v) is 2.86. The molecule has 2 nitrogen and oxygen atoms in total. The van der Waals surface area contributed by atoms with Gasteiger partial charge in [0.1, 0.15) is 5.75 Å². The maximum absolute atomic E-state index is 9.45. The number of nitrogens with one attached hydrogen (secondary N) is 1. The molecule has 0 bridgehead atoms. The molecule has 2 aromatic carbocycles. The number of aryl methyl sites for hydroxylation is 2. The summed E-state index contributed by atoms with van der Waals surface area (Å²) < 4.78 is 0. The molecule has 17 heavy (non-hydrogen) atoms. The molecule has 0 spiro atoms. The van der Waals surface area contributed by atoms with E-state index in [0.29, 0.717) is 0 Å². The summed E-state index contributed by atoms with van der Waals surface area (Å²) in [5.41, 5.74) is 4.55. The lowest BCUT2D eigenvalue weighted by Gasteiger charge is -2.14. The molecule has 0 aliphatic rings. The summed E-state index contributed by atoms with van der Waals surface area (Å²) >= 11 is 0. The van der Waals surface area contributed by atoms with Gasteiger partial charge >= 0.3 is 0 Å². The third-order valence-electron chi connectivity index (χ3n) is 2.86. The average Bonchev–Trinajstić information content (AvgIpc) is 2.32. The molecule has 0 aromatic heterocycles. The molecule has 0 aliphatic heterocycles. The van der Waals surface area contributed by atoms with E-state index >= 15 is 0 Å². The van der Waals surface area contributed by atoms with Crippen molar-refractivity contribution in [2.24, 2.45) is 0 Å². The Morgan fingerprint density at radius 3 is 2.59 bits per heavy atom. The number of aromatic hydroxyl groups is 1. The summed E-state index contributed by atoms with van der Waals surface area (Å²) in [4.78, 5) is 0. The lowest BCUT2D eigenvalue weighted by molar-refractivity contribution is 0.475. The number of phenols is 1. The van der Waals surface area contributed by atoms with Crippen molar-refractivity contribution in [2.45, 2.75) is 20.3 Å². The van der Waals surface area contributed by atoms with Gasteiger partial charge in [-0.05, 0) is 36.6 Å². The second-order valence-corrected chi connectivity index (χ2v) is 4.14. The van der Waals surface area contributed by atoms with Crippen LogP contribution in [0.2, 0.25) is 0 Å². The van der Waals surface area contributed by atoms with Crippen LogP contribution in [0.15, 0.2) is 42.5 Å². The Morgan fingerprint density at radius 1 is 1.12 bits per heavy atom. The normalized spacial score (nSPS) is 10.2. The van der Waals surface area contributed by atoms with Crippen LogP contribution in [0.25, 0.3) is 0 Å². The molecule has 0 saturated carbocycles. The fourth-order valence-corrected chi connectivity index (χ4v) is 1.93. The Morgan fingerprint density at radius 2 is 1.88 bits per heavy atom. The van der Waals surface area contributed by atoms with Crippen LogP contribution in [0.1, 0.15) is 18.1 Å². The molecule has 0 radical (unpaired) electrons. The number of para-hydroxylation sites is 1. The number of benzene rings is 2. The van der Waals surface area contributed by atoms with E-state index in [2.05, 4.69) is 37.4 Å². The highest BCUT2D eigenvalue weighted by atomic mass is 16.3. The summed E-state index contributed by atoms with van der Waals surface area (Å²) in [6.07, 6.45) is 0.989. The van der Waals surface area contributed by atoms with E-state index in [0.717, 1.165) is 17.8 Å². The third kappa shape index (κ3) is 2.59. The van der Waals surface area contributed by atoms with Crippen LogP contribution in [0, 0.1) is 6.92 Å². The van der Waals surface area contributed by atoms with E-state index in [9.17, 15) is 5.11 Å². The van der Waals surface area contributed by atoms with Crippen LogP contribution in [0.3, 0.4) is 0 Å². The topological polar surface area (TPSA) is 32.3 Å². The van der Waals surface area contributed by atoms with Crippen LogP contribution >= 0.6 is 0 Å². The van der Waals surface area contributed by atoms with Crippen LogP contribution < -0.4 is 5.32 Å². The molecule has 0 heterocycles. The maximum Gasteiger partial charge on any atom is 0.117 e. The highest BCUT2D eigenvalue weighted by Crippen LogP contribution is 2.26. The molecule has 0 atom stereocenters. The van der Waals surface area contributed by atoms with Crippen LogP contribution in [-0.4, -0.2) is 5.11 Å². The molecule has 0 aliphatic carbocycles. The van der Waals surface area contributed by atoms with Gasteiger partial charge in [-0.1, -0.05) is 31.2 Å². The van der Waals surface area contributed by atoms with Crippen molar-refractivity contribution in [1.82, 2.24) is 0 Å². The second kappa shape index (κ2) is 4.91. The van der Waals surface area contributed by atoms with Crippen molar-refractivity contribution in [3.63, 3.8) is 0 Å². The molecule has 88 valence electrons. The first kappa shape index (κ1) is 11.5. The summed E-state index contributed by atoms with van der Waals surface area (Å²) in [7, 11) is 0. The Labute approximate surface area is 102 Å². The predicted molar refractivity (Wildman–Crippen MR) is 71.9 cm³/mol. The van der Waals surface area contributed by atoms with Gasteiger partial charge in [-0.2, -0.15) is 0 Å². The number of hydrogen-bond acceptors (Lipinski definition) is 2. The monoisotopic (exact) mass is 227 g/mol. The van der Waals surface area contributed by atoms with E-state index in [1.807, 2.05) is 12.1 Å². The smallest absolute Gasteiger partial charge is 0.117 e. The zero-order valence-electron chi connectivity index (χ0n) is 10.2. The van der Waals surface area contributed by atoms with Crippen molar-refractivity contribution >= 4 is 11.4 Å². The number of anilines is 2. The standard InChI is InChI=1S/C15H17NO/c1-3-12-7-4-6-11(2)15(12)16-13-8-5-9-14(17)10-13/h4-10,16-17H,3H2,1-2H3. The summed E-state index contributed by atoms with van der Waals surface area (Å²) in [6.45, 7) is 4.23. The Balaban J connectivity index is 2.35. The molecule has 0 saturated heterocycles. The Bertz CT molecular complexity index is 520. The minimum Gasteiger partial charge on any atom is -0.508 e. The molecule has 0 unspecified atom stereocenters. The van der Waals surface area contributed by atoms with Crippen molar-refractivity contribution in [3.05, 3.63) is 53.6 Å². The second-order valence-electron chi connectivity index (χ2n) is 4.14. The van der Waals surface area contributed by atoms with Crippen LogP contribution in [-0.2, 0) is 6.42 Å². The zero-order chi connectivity index (χ0) is 12.3. The molecule has 2 N–H and O–H groups in total. The van der Waals surface area contributed by atoms with Crippen molar-refractivity contribution in [2.75, 3.05) is 5.32 Å². The molecule has 2 aromatic rings. The fraction of sp³-hybridized carbons (Fsp3) is 0.200. The predicted octanol–water partition coefficient (Wildman–Crippen LogP) is 4.01. The first-order valence-corrected chi connectivity index (χ1v) is 5.85. The van der Waals surface area contributed by atoms with E-state index in [1.165, 1.54) is 11.1 Å². The van der Waals surface area contributed by atoms with E-state index < -0.39 is 0 Å². The van der Waals surface area contributed by atoms with E-state index in [4.69, 9.17) is 0 Å². The summed E-state index contributed by atoms with van der Waals surface area (Å²) in [6, 6.07) is 13.5. The largest absolute Gasteiger partial charge is 0.508 e. The first-order valence-electron chi connectivity index (χ1n) is 5.85. The molecule has 0 fully saturated rings. The number of phenolic OH excluding ortho intramolecular Hbond substituents is 1. The summed E-state index contributed by atoms with van der Waals surface area (Å²) in [5.74, 6) is 0.279. The van der Waals surface area contributed by atoms with Gasteiger partial charge in [0.25, 0.3) is 0 Å². The first-order chi connectivity index (χ1) is 8.20. The van der Waals surface area contributed by atoms with Crippen molar-refractivity contribution < 1.29 is 5.11 Å². The molecule has 2 rings (SSSR count). The van der Waals surface area contributed by atoms with E-state index in [-0.39, 0.29) is 5.75 Å². The van der Waals surface area contributed by atoms with Crippen molar-refractivity contribution in [1.29, 1.82) is 0 Å². The van der Waals surface area contributed by atoms with Gasteiger partial charge in [0.2, 0.25) is 0 Å². The van der Waals surface area contributed by atoms with Crippen LogP contribution in [0.5, 0.6) is 5.75 Å². The van der Waals surface area contributed by atoms with Gasteiger partial charge in [0.05, 0.1) is 0 Å². The minimum absolute atomic E-state index is 0.279. The zero-order valence-corrected chi connectivity index (χ0v) is 10.2. The number of rotatable bonds is 3. The van der Waals surface area contributed by atoms with Gasteiger partial charge in [0, 0.05) is 17.4 Å².